The summed E-state index contributed by atoms with van der Waals surface area (Å²) in [5.74, 6) is -0.780. The number of ketones is 1. The molecule has 1 atom stereocenters. The first-order valence-corrected chi connectivity index (χ1v) is 11.0. The fourth-order valence-corrected chi connectivity index (χ4v) is 4.18. The molecule has 1 aliphatic rings. The summed E-state index contributed by atoms with van der Waals surface area (Å²) in [4.78, 5) is 27.7. The van der Waals surface area contributed by atoms with E-state index in [0.29, 0.717) is 17.8 Å². The van der Waals surface area contributed by atoms with Crippen LogP contribution in [0.4, 0.5) is 5.69 Å². The van der Waals surface area contributed by atoms with Crippen molar-refractivity contribution in [3.05, 3.63) is 119 Å². The second kappa shape index (κ2) is 9.39. The van der Waals surface area contributed by atoms with Crippen LogP contribution in [0.25, 0.3) is 6.08 Å². The molecule has 0 aliphatic carbocycles. The van der Waals surface area contributed by atoms with Crippen LogP contribution in [-0.4, -0.2) is 16.8 Å². The second-order valence-electron chi connectivity index (χ2n) is 8.47. The van der Waals surface area contributed by atoms with Crippen molar-refractivity contribution in [2.75, 3.05) is 4.90 Å². The second-order valence-corrected chi connectivity index (χ2v) is 8.47. The van der Waals surface area contributed by atoms with Gasteiger partial charge in [0.1, 0.15) is 0 Å². The predicted molar refractivity (Wildman–Crippen MR) is 132 cm³/mol. The number of aryl methyl sites for hydroxylation is 2. The first kappa shape index (κ1) is 22.4. The van der Waals surface area contributed by atoms with Gasteiger partial charge in [0, 0.05) is 5.56 Å². The lowest BCUT2D eigenvalue weighted by Gasteiger charge is -2.23. The molecule has 0 radical (unpaired) electrons. The van der Waals surface area contributed by atoms with Crippen molar-refractivity contribution in [1.29, 1.82) is 0 Å². The highest BCUT2D eigenvalue weighted by atomic mass is 16.3. The zero-order valence-corrected chi connectivity index (χ0v) is 18.9. The van der Waals surface area contributed by atoms with Crippen molar-refractivity contribution in [2.24, 2.45) is 0 Å². The van der Waals surface area contributed by atoms with Crippen LogP contribution in [0, 0.1) is 13.8 Å². The van der Waals surface area contributed by atoms with Gasteiger partial charge in [-0.05, 0) is 42.7 Å². The van der Waals surface area contributed by atoms with Crippen molar-refractivity contribution in [1.82, 2.24) is 0 Å². The van der Waals surface area contributed by atoms with Crippen molar-refractivity contribution in [3.63, 3.8) is 0 Å². The molecule has 166 valence electrons. The van der Waals surface area contributed by atoms with E-state index >= 15 is 0 Å². The highest BCUT2D eigenvalue weighted by Gasteiger charge is 2.50. The molecule has 3 aromatic carbocycles. The number of nitrogens with zero attached hydrogens (tertiary/aromatic N) is 1. The summed E-state index contributed by atoms with van der Waals surface area (Å²) >= 11 is 0. The minimum absolute atomic E-state index is 0.304. The van der Waals surface area contributed by atoms with Gasteiger partial charge in [0.25, 0.3) is 5.91 Å². The van der Waals surface area contributed by atoms with Crippen molar-refractivity contribution >= 4 is 23.5 Å². The van der Waals surface area contributed by atoms with Gasteiger partial charge in [-0.2, -0.15) is 0 Å². The van der Waals surface area contributed by atoms with Gasteiger partial charge in [0.2, 0.25) is 0 Å². The quantitative estimate of drug-likeness (QED) is 0.405. The van der Waals surface area contributed by atoms with E-state index in [-0.39, 0.29) is 12.2 Å². The number of carbonyl (C=O) groups is 2. The summed E-state index contributed by atoms with van der Waals surface area (Å²) in [7, 11) is 0. The third-order valence-electron chi connectivity index (χ3n) is 5.98. The lowest BCUT2D eigenvalue weighted by atomic mass is 9.90. The van der Waals surface area contributed by atoms with Crippen LogP contribution in [0.15, 0.2) is 91.0 Å². The van der Waals surface area contributed by atoms with Gasteiger partial charge in [-0.1, -0.05) is 90.5 Å². The van der Waals surface area contributed by atoms with Crippen LogP contribution in [0.1, 0.15) is 34.2 Å². The SMILES string of the molecule is Cc1ccc(C)c(CN2C(=O)[C@](O)(CC(=O)/C=C/C=C/c3ccccc3)c3ccccc32)c1. The number of hydrogen-bond donors (Lipinski definition) is 1. The van der Waals surface area contributed by atoms with E-state index in [9.17, 15) is 14.7 Å². The number of amides is 1. The van der Waals surface area contributed by atoms with Gasteiger partial charge >= 0.3 is 0 Å². The van der Waals surface area contributed by atoms with Crippen LogP contribution in [0.5, 0.6) is 0 Å². The normalized spacial score (nSPS) is 17.8. The number of hydrogen-bond acceptors (Lipinski definition) is 3. The van der Waals surface area contributed by atoms with E-state index in [0.717, 1.165) is 22.3 Å². The van der Waals surface area contributed by atoms with E-state index in [1.165, 1.54) is 6.08 Å². The number of anilines is 1. The number of carbonyl (C=O) groups excluding carboxylic acids is 2. The topological polar surface area (TPSA) is 57.6 Å². The molecule has 1 amide bonds. The molecular formula is C29H27NO3. The Bertz CT molecular complexity index is 1240. The maximum atomic E-state index is 13.4. The number of allylic oxidation sites excluding steroid dienone is 3. The van der Waals surface area contributed by atoms with Gasteiger partial charge in [-0.15, -0.1) is 0 Å². The van der Waals surface area contributed by atoms with Crippen LogP contribution in [-0.2, 0) is 21.7 Å². The van der Waals surface area contributed by atoms with E-state index in [4.69, 9.17) is 0 Å². The highest BCUT2D eigenvalue weighted by Crippen LogP contribution is 2.43. The Morgan fingerprint density at radius 1 is 0.970 bits per heavy atom. The molecule has 4 nitrogen and oxygen atoms in total. The van der Waals surface area contributed by atoms with Gasteiger partial charge < -0.3 is 10.0 Å². The van der Waals surface area contributed by atoms with E-state index < -0.39 is 11.5 Å². The molecule has 0 saturated carbocycles. The smallest absolute Gasteiger partial charge is 0.264 e. The Morgan fingerprint density at radius 2 is 1.70 bits per heavy atom. The molecule has 3 aromatic rings. The van der Waals surface area contributed by atoms with Crippen LogP contribution < -0.4 is 4.90 Å². The lowest BCUT2D eigenvalue weighted by Crippen LogP contribution is -2.41. The number of aliphatic hydroxyl groups is 1. The molecule has 0 spiro atoms. The fraction of sp³-hybridized carbons (Fsp3) is 0.172. The largest absolute Gasteiger partial charge is 0.375 e. The molecule has 4 heteroatoms. The van der Waals surface area contributed by atoms with Crippen molar-refractivity contribution in [2.45, 2.75) is 32.4 Å². The van der Waals surface area contributed by atoms with E-state index in [1.807, 2.05) is 74.5 Å². The van der Waals surface area contributed by atoms with Gasteiger partial charge in [-0.25, -0.2) is 0 Å². The summed E-state index contributed by atoms with van der Waals surface area (Å²) in [5, 5.41) is 11.4. The molecule has 1 heterocycles. The first-order chi connectivity index (χ1) is 15.9. The Kier molecular flexibility index (Phi) is 6.38. The first-order valence-electron chi connectivity index (χ1n) is 11.0. The number of rotatable bonds is 7. The Morgan fingerprint density at radius 3 is 2.48 bits per heavy atom. The molecule has 4 rings (SSSR count). The van der Waals surface area contributed by atoms with Gasteiger partial charge in [-0.3, -0.25) is 9.59 Å². The molecule has 0 bridgehead atoms. The highest BCUT2D eigenvalue weighted by molar-refractivity contribution is 6.09. The summed E-state index contributed by atoms with van der Waals surface area (Å²) in [6, 6.07) is 23.0. The van der Waals surface area contributed by atoms with E-state index in [2.05, 4.69) is 6.07 Å². The molecule has 0 unspecified atom stereocenters. The summed E-state index contributed by atoms with van der Waals surface area (Å²) < 4.78 is 0. The lowest BCUT2D eigenvalue weighted by molar-refractivity contribution is -0.140. The zero-order valence-electron chi connectivity index (χ0n) is 18.9. The molecule has 0 fully saturated rings. The number of fused-ring (bicyclic) bond motifs is 1. The van der Waals surface area contributed by atoms with Crippen molar-refractivity contribution in [3.8, 4) is 0 Å². The van der Waals surface area contributed by atoms with Crippen LogP contribution >= 0.6 is 0 Å². The Hall–Kier alpha value is -3.76. The Balaban J connectivity index is 1.54. The standard InChI is InChI=1S/C29H27NO3/c1-21-16-17-22(2)24(18-21)20-30-27-15-9-8-14-26(27)29(33,28(30)32)19-25(31)13-7-6-12-23-10-4-3-5-11-23/h3-18,33H,19-20H2,1-2H3/b12-6+,13-7+/t29-/m0/s1. The molecule has 1 aliphatic heterocycles. The fourth-order valence-electron chi connectivity index (χ4n) is 4.18. The molecule has 1 N–H and O–H groups in total. The van der Waals surface area contributed by atoms with E-state index in [1.54, 1.807) is 29.2 Å². The molecule has 0 aromatic heterocycles. The maximum absolute atomic E-state index is 13.4. The third-order valence-corrected chi connectivity index (χ3v) is 5.98. The van der Waals surface area contributed by atoms with Gasteiger partial charge in [0.05, 0.1) is 18.7 Å². The third kappa shape index (κ3) is 4.71. The number of benzene rings is 3. The summed E-state index contributed by atoms with van der Waals surface area (Å²) in [5.41, 5.74) is 3.46. The number of para-hydroxylation sites is 1. The summed E-state index contributed by atoms with van der Waals surface area (Å²) in [6.45, 7) is 4.36. The summed E-state index contributed by atoms with van der Waals surface area (Å²) in [6.07, 6.45) is 6.40. The minimum Gasteiger partial charge on any atom is -0.375 e. The molecule has 33 heavy (non-hydrogen) atoms. The van der Waals surface area contributed by atoms with Crippen LogP contribution in [0.3, 0.4) is 0 Å². The Labute approximate surface area is 194 Å². The average Bonchev–Trinajstić information content (AvgIpc) is 3.01. The molecular weight excluding hydrogens is 410 g/mol. The minimum atomic E-state index is -1.88. The van der Waals surface area contributed by atoms with Gasteiger partial charge in [0.15, 0.2) is 11.4 Å². The monoisotopic (exact) mass is 437 g/mol. The average molecular weight is 438 g/mol. The maximum Gasteiger partial charge on any atom is 0.264 e. The van der Waals surface area contributed by atoms with Crippen molar-refractivity contribution < 1.29 is 14.7 Å². The predicted octanol–water partition coefficient (Wildman–Crippen LogP) is 5.27. The zero-order chi connectivity index (χ0) is 23.4. The van der Waals surface area contributed by atoms with Crippen LogP contribution in [0.2, 0.25) is 0 Å². The molecule has 0 saturated heterocycles.